The lowest BCUT2D eigenvalue weighted by Crippen LogP contribution is -2.38. The van der Waals surface area contributed by atoms with Crippen LogP contribution < -0.4 is 4.74 Å². The maximum atomic E-state index is 11.5. The molecule has 0 spiro atoms. The number of para-hydroxylation sites is 1. The zero-order valence-corrected chi connectivity index (χ0v) is 19.4. The van der Waals surface area contributed by atoms with Crippen LogP contribution >= 0.6 is 11.3 Å². The van der Waals surface area contributed by atoms with Gasteiger partial charge in [-0.25, -0.2) is 9.78 Å². The van der Waals surface area contributed by atoms with Gasteiger partial charge in [0.25, 0.3) is 5.19 Å². The van der Waals surface area contributed by atoms with Crippen LogP contribution in [-0.4, -0.2) is 53.4 Å². The van der Waals surface area contributed by atoms with Gasteiger partial charge in [0, 0.05) is 36.7 Å². The van der Waals surface area contributed by atoms with Gasteiger partial charge in [-0.05, 0) is 62.1 Å². The molecule has 0 amide bonds. The molecule has 7 nitrogen and oxygen atoms in total. The molecule has 172 valence electrons. The molecular formula is C25H27N3O4S. The Bertz CT molecular complexity index is 1210. The molecule has 0 atom stereocenters. The standard InChI is InChI=1S/C25H27N3O4S/c1-2-30-25(29)32-18-10-13-28(14-11-18)12-9-17-16-26-21-8-7-19(15-20(17)21)31-24-27-22-5-3-4-6-23(22)33-24/h3-8,15-16,18,26H,2,9-14H2,1H3. The lowest BCUT2D eigenvalue weighted by Gasteiger charge is -2.31. The first-order valence-electron chi connectivity index (χ1n) is 11.4. The number of hydrogen-bond acceptors (Lipinski definition) is 7. The predicted molar refractivity (Wildman–Crippen MR) is 129 cm³/mol. The molecule has 3 heterocycles. The highest BCUT2D eigenvalue weighted by Gasteiger charge is 2.23. The number of thiazole rings is 1. The molecule has 8 heteroatoms. The SMILES string of the molecule is CCOC(=O)OC1CCN(CCc2c[nH]c3ccc(Oc4nc5ccccc5s4)cc23)CC1. The number of hydrogen-bond donors (Lipinski definition) is 1. The Labute approximate surface area is 196 Å². The number of carbonyl (C=O) groups excluding carboxylic acids is 1. The number of H-pyrrole nitrogens is 1. The summed E-state index contributed by atoms with van der Waals surface area (Å²) < 4.78 is 17.4. The number of rotatable bonds is 7. The van der Waals surface area contributed by atoms with Crippen LogP contribution in [-0.2, 0) is 15.9 Å². The monoisotopic (exact) mass is 465 g/mol. The Morgan fingerprint density at radius 1 is 1.21 bits per heavy atom. The summed E-state index contributed by atoms with van der Waals surface area (Å²) in [5.74, 6) is 0.791. The third kappa shape index (κ3) is 5.12. The van der Waals surface area contributed by atoms with Crippen molar-refractivity contribution in [3.05, 3.63) is 54.2 Å². The van der Waals surface area contributed by atoms with Gasteiger partial charge in [-0.3, -0.25) is 0 Å². The van der Waals surface area contributed by atoms with Crippen molar-refractivity contribution in [2.75, 3.05) is 26.2 Å². The van der Waals surface area contributed by atoms with Gasteiger partial charge in [0.15, 0.2) is 0 Å². The number of carbonyl (C=O) groups is 1. The third-order valence-corrected chi connectivity index (χ3v) is 6.89. The number of nitrogens with one attached hydrogen (secondary N) is 1. The van der Waals surface area contributed by atoms with E-state index in [9.17, 15) is 4.79 Å². The number of aromatic nitrogens is 2. The van der Waals surface area contributed by atoms with Crippen molar-refractivity contribution in [2.24, 2.45) is 0 Å². The molecule has 2 aromatic carbocycles. The van der Waals surface area contributed by atoms with Gasteiger partial charge in [-0.2, -0.15) is 0 Å². The zero-order chi connectivity index (χ0) is 22.6. The van der Waals surface area contributed by atoms with Crippen molar-refractivity contribution in [2.45, 2.75) is 32.3 Å². The summed E-state index contributed by atoms with van der Waals surface area (Å²) >= 11 is 1.55. The van der Waals surface area contributed by atoms with Gasteiger partial charge in [0.2, 0.25) is 0 Å². The molecule has 2 aromatic heterocycles. The molecule has 1 fully saturated rings. The van der Waals surface area contributed by atoms with Gasteiger partial charge in [0.1, 0.15) is 11.9 Å². The molecule has 1 aliphatic heterocycles. The Hall–Kier alpha value is -3.10. The van der Waals surface area contributed by atoms with Crippen LogP contribution in [0.25, 0.3) is 21.1 Å². The van der Waals surface area contributed by atoms with Crippen LogP contribution in [0.2, 0.25) is 0 Å². The summed E-state index contributed by atoms with van der Waals surface area (Å²) in [6, 6.07) is 14.2. The highest BCUT2D eigenvalue weighted by molar-refractivity contribution is 7.20. The summed E-state index contributed by atoms with van der Waals surface area (Å²) in [7, 11) is 0. The van der Waals surface area contributed by atoms with Crippen molar-refractivity contribution in [1.82, 2.24) is 14.9 Å². The fourth-order valence-electron chi connectivity index (χ4n) is 4.24. The fourth-order valence-corrected chi connectivity index (χ4v) is 5.08. The Kier molecular flexibility index (Phi) is 6.46. The molecule has 1 saturated heterocycles. The lowest BCUT2D eigenvalue weighted by molar-refractivity contribution is 0.00214. The number of aromatic amines is 1. The van der Waals surface area contributed by atoms with Crippen LogP contribution in [0.1, 0.15) is 25.3 Å². The van der Waals surface area contributed by atoms with E-state index in [2.05, 4.69) is 39.3 Å². The van der Waals surface area contributed by atoms with Crippen molar-refractivity contribution < 1.29 is 19.0 Å². The highest BCUT2D eigenvalue weighted by atomic mass is 32.1. The average Bonchev–Trinajstić information content (AvgIpc) is 3.42. The molecule has 4 aromatic rings. The zero-order valence-electron chi connectivity index (χ0n) is 18.6. The van der Waals surface area contributed by atoms with E-state index in [1.165, 1.54) is 10.9 Å². The van der Waals surface area contributed by atoms with Gasteiger partial charge in [0.05, 0.1) is 16.8 Å². The van der Waals surface area contributed by atoms with E-state index in [1.54, 1.807) is 18.3 Å². The summed E-state index contributed by atoms with van der Waals surface area (Å²) in [5, 5.41) is 1.83. The van der Waals surface area contributed by atoms with Crippen LogP contribution in [0.5, 0.6) is 10.9 Å². The lowest BCUT2D eigenvalue weighted by atomic mass is 10.1. The number of ether oxygens (including phenoxy) is 3. The minimum Gasteiger partial charge on any atom is -0.435 e. The maximum absolute atomic E-state index is 11.5. The van der Waals surface area contributed by atoms with E-state index >= 15 is 0 Å². The van der Waals surface area contributed by atoms with Crippen LogP contribution in [0.3, 0.4) is 0 Å². The Balaban J connectivity index is 1.19. The fraction of sp³-hybridized carbons (Fsp3) is 0.360. The highest BCUT2D eigenvalue weighted by Crippen LogP contribution is 2.33. The second-order valence-corrected chi connectivity index (χ2v) is 9.16. The number of likely N-dealkylation sites (tertiary alicyclic amines) is 1. The minimum absolute atomic E-state index is 0.0457. The van der Waals surface area contributed by atoms with Crippen LogP contribution in [0.15, 0.2) is 48.7 Å². The number of benzene rings is 2. The topological polar surface area (TPSA) is 76.7 Å². The molecule has 1 N–H and O–H groups in total. The predicted octanol–water partition coefficient (Wildman–Crippen LogP) is 5.75. The summed E-state index contributed by atoms with van der Waals surface area (Å²) in [5.41, 5.74) is 3.32. The van der Waals surface area contributed by atoms with Gasteiger partial charge in [-0.1, -0.05) is 23.5 Å². The van der Waals surface area contributed by atoms with Crippen molar-refractivity contribution in [1.29, 1.82) is 0 Å². The van der Waals surface area contributed by atoms with E-state index < -0.39 is 6.16 Å². The molecule has 33 heavy (non-hydrogen) atoms. The summed E-state index contributed by atoms with van der Waals surface area (Å²) in [4.78, 5) is 21.9. The van der Waals surface area contributed by atoms with E-state index in [0.29, 0.717) is 11.8 Å². The normalized spacial score (nSPS) is 15.2. The first kappa shape index (κ1) is 21.7. The second kappa shape index (κ2) is 9.80. The molecule has 0 aliphatic carbocycles. The van der Waals surface area contributed by atoms with E-state index in [1.807, 2.05) is 24.3 Å². The third-order valence-electron chi connectivity index (χ3n) is 5.98. The summed E-state index contributed by atoms with van der Waals surface area (Å²) in [6.45, 7) is 4.92. The second-order valence-electron chi connectivity index (χ2n) is 8.16. The first-order valence-corrected chi connectivity index (χ1v) is 12.2. The minimum atomic E-state index is -0.557. The van der Waals surface area contributed by atoms with Gasteiger partial charge in [-0.15, -0.1) is 0 Å². The first-order chi connectivity index (χ1) is 16.2. The molecule has 0 unspecified atom stereocenters. The van der Waals surface area contributed by atoms with E-state index in [-0.39, 0.29) is 6.10 Å². The van der Waals surface area contributed by atoms with Gasteiger partial charge >= 0.3 is 6.16 Å². The quantitative estimate of drug-likeness (QED) is 0.350. The van der Waals surface area contributed by atoms with Gasteiger partial charge < -0.3 is 24.1 Å². The molecule has 1 aliphatic rings. The summed E-state index contributed by atoms with van der Waals surface area (Å²) in [6.07, 6.45) is 4.10. The molecule has 0 saturated carbocycles. The average molecular weight is 466 g/mol. The van der Waals surface area contributed by atoms with E-state index in [4.69, 9.17) is 14.2 Å². The largest absolute Gasteiger partial charge is 0.508 e. The molecule has 0 radical (unpaired) electrons. The number of nitrogens with zero attached hydrogens (tertiary/aromatic N) is 2. The van der Waals surface area contributed by atoms with Crippen molar-refractivity contribution in [3.8, 4) is 10.9 Å². The number of fused-ring (bicyclic) bond motifs is 2. The molecule has 0 bridgehead atoms. The smallest absolute Gasteiger partial charge is 0.435 e. The van der Waals surface area contributed by atoms with Crippen molar-refractivity contribution in [3.63, 3.8) is 0 Å². The molecule has 5 rings (SSSR count). The Morgan fingerprint density at radius 2 is 2.06 bits per heavy atom. The van der Waals surface area contributed by atoms with Crippen LogP contribution in [0.4, 0.5) is 4.79 Å². The van der Waals surface area contributed by atoms with Crippen LogP contribution in [0, 0.1) is 0 Å². The Morgan fingerprint density at radius 3 is 2.88 bits per heavy atom. The maximum Gasteiger partial charge on any atom is 0.508 e. The number of piperidine rings is 1. The van der Waals surface area contributed by atoms with E-state index in [0.717, 1.165) is 60.4 Å². The van der Waals surface area contributed by atoms with Crippen molar-refractivity contribution >= 4 is 38.6 Å². The molecular weight excluding hydrogens is 438 g/mol.